The molecule has 0 aliphatic rings. The van der Waals surface area contributed by atoms with E-state index >= 15 is 0 Å². The number of benzene rings is 1. The molecule has 0 unspecified atom stereocenters. The molecule has 0 spiro atoms. The predicted octanol–water partition coefficient (Wildman–Crippen LogP) is 2.73. The number of carbonyl (C=O) groups is 1. The normalized spacial score (nSPS) is 10.4. The molecule has 8 heteroatoms. The Morgan fingerprint density at radius 1 is 1.33 bits per heavy atom. The monoisotopic (exact) mass is 417 g/mol. The van der Waals surface area contributed by atoms with Crippen molar-refractivity contribution in [1.29, 1.82) is 0 Å². The van der Waals surface area contributed by atoms with Crippen molar-refractivity contribution in [3.8, 4) is 0 Å². The third-order valence-corrected chi connectivity index (χ3v) is 3.61. The maximum Gasteiger partial charge on any atom is 0.265 e. The first kappa shape index (κ1) is 15.7. The van der Waals surface area contributed by atoms with Crippen LogP contribution in [0.25, 0.3) is 0 Å². The molecule has 1 amide bonds. The average Bonchev–Trinajstić information content (AvgIpc) is 2.39. The van der Waals surface area contributed by atoms with Gasteiger partial charge in [-0.15, -0.1) is 0 Å². The second-order valence-electron chi connectivity index (χ2n) is 4.22. The Bertz CT molecular complexity index is 762. The zero-order valence-corrected chi connectivity index (χ0v) is 13.7. The number of anilines is 2. The van der Waals surface area contributed by atoms with Gasteiger partial charge in [0.1, 0.15) is 12.4 Å². The Morgan fingerprint density at radius 3 is 2.76 bits per heavy atom. The van der Waals surface area contributed by atoms with Gasteiger partial charge in [0.2, 0.25) is 5.91 Å². The van der Waals surface area contributed by atoms with E-state index in [-0.39, 0.29) is 23.5 Å². The first-order chi connectivity index (χ1) is 9.86. The largest absolute Gasteiger partial charge is 0.397 e. The highest BCUT2D eigenvalue weighted by molar-refractivity contribution is 9.11. The quantitative estimate of drug-likeness (QED) is 0.752. The van der Waals surface area contributed by atoms with E-state index in [2.05, 4.69) is 37.2 Å². The van der Waals surface area contributed by atoms with Crippen LogP contribution in [-0.4, -0.2) is 10.5 Å². The maximum atomic E-state index is 13.1. The number of nitrogen functional groups attached to an aromatic ring is 1. The topological polar surface area (TPSA) is 77.1 Å². The molecule has 0 fully saturated rings. The van der Waals surface area contributed by atoms with Gasteiger partial charge in [0.15, 0.2) is 0 Å². The van der Waals surface area contributed by atoms with Crippen LogP contribution in [-0.2, 0) is 11.3 Å². The molecule has 0 saturated heterocycles. The molecule has 21 heavy (non-hydrogen) atoms. The van der Waals surface area contributed by atoms with Gasteiger partial charge in [-0.3, -0.25) is 9.59 Å². The first-order valence-corrected chi connectivity index (χ1v) is 7.36. The van der Waals surface area contributed by atoms with Crippen LogP contribution in [0.2, 0.25) is 0 Å². The number of nitrogens with two attached hydrogens (primary N) is 1. The van der Waals surface area contributed by atoms with E-state index in [9.17, 15) is 14.0 Å². The maximum absolute atomic E-state index is 13.1. The Hall–Kier alpha value is -1.67. The average molecular weight is 419 g/mol. The number of halogens is 3. The van der Waals surface area contributed by atoms with Crippen molar-refractivity contribution in [3.05, 3.63) is 55.6 Å². The van der Waals surface area contributed by atoms with Gasteiger partial charge >= 0.3 is 0 Å². The fourth-order valence-corrected chi connectivity index (χ4v) is 2.92. The van der Waals surface area contributed by atoms with Crippen molar-refractivity contribution in [1.82, 2.24) is 4.57 Å². The summed E-state index contributed by atoms with van der Waals surface area (Å²) in [6.45, 7) is -0.215. The molecule has 1 heterocycles. The zero-order valence-electron chi connectivity index (χ0n) is 10.6. The number of aromatic nitrogens is 1. The van der Waals surface area contributed by atoms with Gasteiger partial charge in [0.05, 0.1) is 15.8 Å². The summed E-state index contributed by atoms with van der Waals surface area (Å²) in [4.78, 5) is 23.8. The Morgan fingerprint density at radius 2 is 2.05 bits per heavy atom. The fourth-order valence-electron chi connectivity index (χ4n) is 1.66. The second kappa shape index (κ2) is 6.40. The lowest BCUT2D eigenvalue weighted by molar-refractivity contribution is -0.116. The molecule has 0 saturated carbocycles. The van der Waals surface area contributed by atoms with Crippen LogP contribution in [0.15, 0.2) is 44.2 Å². The lowest BCUT2D eigenvalue weighted by Gasteiger charge is -2.10. The summed E-state index contributed by atoms with van der Waals surface area (Å²) in [5.74, 6) is -0.999. The summed E-state index contributed by atoms with van der Waals surface area (Å²) in [5.41, 5.74) is 5.71. The van der Waals surface area contributed by atoms with E-state index in [1.165, 1.54) is 22.9 Å². The van der Waals surface area contributed by atoms with Crippen LogP contribution >= 0.6 is 31.9 Å². The summed E-state index contributed by atoms with van der Waals surface area (Å²) in [5, 5.41) is 2.47. The van der Waals surface area contributed by atoms with Gasteiger partial charge in [-0.05, 0) is 56.1 Å². The Kier molecular flexibility index (Phi) is 4.79. The van der Waals surface area contributed by atoms with Gasteiger partial charge in [-0.2, -0.15) is 0 Å². The second-order valence-corrected chi connectivity index (χ2v) is 5.99. The molecule has 1 aromatic carbocycles. The standard InChI is InChI=1S/C13H10Br2FN3O2/c14-7-3-9(15)13(21)19(5-7)6-12(20)18-11-4-8(16)1-2-10(11)17/h1-5H,6,17H2,(H,18,20). The van der Waals surface area contributed by atoms with Crippen LogP contribution in [0, 0.1) is 5.82 Å². The fraction of sp³-hybridized carbons (Fsp3) is 0.0769. The van der Waals surface area contributed by atoms with Gasteiger partial charge in [-0.25, -0.2) is 4.39 Å². The molecule has 5 nitrogen and oxygen atoms in total. The Balaban J connectivity index is 2.19. The van der Waals surface area contributed by atoms with E-state index in [4.69, 9.17) is 5.73 Å². The van der Waals surface area contributed by atoms with Gasteiger partial charge in [-0.1, -0.05) is 0 Å². The Labute approximate surface area is 136 Å². The third kappa shape index (κ3) is 3.92. The molecule has 110 valence electrons. The zero-order chi connectivity index (χ0) is 15.6. The molecule has 2 rings (SSSR count). The predicted molar refractivity (Wildman–Crippen MR) is 85.5 cm³/mol. The molecule has 0 bridgehead atoms. The third-order valence-electron chi connectivity index (χ3n) is 2.61. The van der Waals surface area contributed by atoms with Crippen molar-refractivity contribution in [2.75, 3.05) is 11.1 Å². The molecular formula is C13H10Br2FN3O2. The van der Waals surface area contributed by atoms with Crippen LogP contribution in [0.5, 0.6) is 0 Å². The lowest BCUT2D eigenvalue weighted by atomic mass is 10.2. The van der Waals surface area contributed by atoms with E-state index in [0.29, 0.717) is 8.95 Å². The summed E-state index contributed by atoms with van der Waals surface area (Å²) in [6, 6.07) is 5.25. The van der Waals surface area contributed by atoms with Crippen LogP contribution in [0.3, 0.4) is 0 Å². The first-order valence-electron chi connectivity index (χ1n) is 5.77. The number of hydrogen-bond donors (Lipinski definition) is 2. The number of hydrogen-bond acceptors (Lipinski definition) is 3. The number of carbonyl (C=O) groups excluding carboxylic acids is 1. The minimum absolute atomic E-state index is 0.169. The molecule has 0 atom stereocenters. The molecule has 3 N–H and O–H groups in total. The van der Waals surface area contributed by atoms with Gasteiger partial charge in [0, 0.05) is 10.7 Å². The van der Waals surface area contributed by atoms with Crippen molar-refractivity contribution < 1.29 is 9.18 Å². The number of amides is 1. The van der Waals surface area contributed by atoms with Crippen molar-refractivity contribution in [3.63, 3.8) is 0 Å². The van der Waals surface area contributed by atoms with E-state index < -0.39 is 11.7 Å². The van der Waals surface area contributed by atoms with E-state index in [1.54, 1.807) is 6.07 Å². The van der Waals surface area contributed by atoms with Crippen molar-refractivity contribution >= 4 is 49.1 Å². The number of nitrogens with one attached hydrogen (secondary N) is 1. The molecular weight excluding hydrogens is 409 g/mol. The molecule has 0 aliphatic heterocycles. The summed E-state index contributed by atoms with van der Waals surface area (Å²) >= 11 is 6.34. The van der Waals surface area contributed by atoms with Crippen LogP contribution in [0.1, 0.15) is 0 Å². The highest BCUT2D eigenvalue weighted by Crippen LogP contribution is 2.19. The van der Waals surface area contributed by atoms with E-state index in [0.717, 1.165) is 6.07 Å². The highest BCUT2D eigenvalue weighted by Gasteiger charge is 2.10. The van der Waals surface area contributed by atoms with Gasteiger partial charge < -0.3 is 15.6 Å². The van der Waals surface area contributed by atoms with Gasteiger partial charge in [0.25, 0.3) is 5.56 Å². The smallest absolute Gasteiger partial charge is 0.265 e. The van der Waals surface area contributed by atoms with Crippen molar-refractivity contribution in [2.24, 2.45) is 0 Å². The van der Waals surface area contributed by atoms with E-state index in [1.807, 2.05) is 0 Å². The molecule has 0 radical (unpaired) electrons. The van der Waals surface area contributed by atoms with Crippen LogP contribution in [0.4, 0.5) is 15.8 Å². The minimum Gasteiger partial charge on any atom is -0.397 e. The molecule has 1 aromatic heterocycles. The van der Waals surface area contributed by atoms with Crippen LogP contribution < -0.4 is 16.6 Å². The molecule has 2 aromatic rings. The van der Waals surface area contributed by atoms with Crippen molar-refractivity contribution in [2.45, 2.75) is 6.54 Å². The summed E-state index contributed by atoms with van der Waals surface area (Å²) in [6.07, 6.45) is 1.49. The number of pyridine rings is 1. The molecule has 0 aliphatic carbocycles. The minimum atomic E-state index is -0.512. The lowest BCUT2D eigenvalue weighted by Crippen LogP contribution is -2.27. The number of nitrogens with zero attached hydrogens (tertiary/aromatic N) is 1. The highest BCUT2D eigenvalue weighted by atomic mass is 79.9. The number of rotatable bonds is 3. The summed E-state index contributed by atoms with van der Waals surface area (Å²) in [7, 11) is 0. The SMILES string of the molecule is Nc1ccc(F)cc1NC(=O)Cn1cc(Br)cc(Br)c1=O. The summed E-state index contributed by atoms with van der Waals surface area (Å²) < 4.78 is 15.3.